The van der Waals surface area contributed by atoms with Crippen LogP contribution >= 0.6 is 0 Å². The van der Waals surface area contributed by atoms with Gasteiger partial charge >= 0.3 is 0 Å². The zero-order valence-corrected chi connectivity index (χ0v) is 37.0. The molecule has 0 radical (unpaired) electrons. The van der Waals surface area contributed by atoms with E-state index in [1.54, 1.807) is 19.2 Å². The topological polar surface area (TPSA) is 79.2 Å². The third-order valence-corrected chi connectivity index (χ3v) is 14.3. The fraction of sp³-hybridized carbons (Fsp3) is 0.571. The summed E-state index contributed by atoms with van der Waals surface area (Å²) in [6.07, 6.45) is 6.57. The van der Waals surface area contributed by atoms with Crippen molar-refractivity contribution in [3.63, 3.8) is 0 Å². The SMILES string of the molecule is CC(C)N1CCC2(CC1)CN2C(=O)c1ccc(F)cc1.CC(C)N1CCC2(CC1)CN2C(=O)c1ccccc1.COc1ccc(C(=O)N2CC23CCN(C(C)C)CC3)cc1. The number of methoxy groups -OCH3 is 1. The van der Waals surface area contributed by atoms with Gasteiger partial charge in [0.15, 0.2) is 0 Å². The highest BCUT2D eigenvalue weighted by Crippen LogP contribution is 2.45. The molecule has 0 unspecified atom stereocenters. The van der Waals surface area contributed by atoms with Gasteiger partial charge in [-0.1, -0.05) is 18.2 Å². The smallest absolute Gasteiger partial charge is 0.254 e. The number of hydrogen-bond donors (Lipinski definition) is 0. The summed E-state index contributed by atoms with van der Waals surface area (Å²) in [6.45, 7) is 22.7. The van der Waals surface area contributed by atoms with E-state index in [0.717, 1.165) is 114 Å². The number of carbonyl (C=O) groups excluding carboxylic acids is 3. The summed E-state index contributed by atoms with van der Waals surface area (Å²) in [6, 6.07) is 24.7. The van der Waals surface area contributed by atoms with Crippen LogP contribution in [0.1, 0.15) is 111 Å². The van der Waals surface area contributed by atoms with Gasteiger partial charge in [-0.3, -0.25) is 14.4 Å². The molecule has 6 heterocycles. The van der Waals surface area contributed by atoms with E-state index in [1.807, 2.05) is 64.4 Å². The molecule has 0 saturated carbocycles. The quantitative estimate of drug-likeness (QED) is 0.232. The number of piperidine rings is 3. The minimum atomic E-state index is -0.299. The summed E-state index contributed by atoms with van der Waals surface area (Å²) >= 11 is 0. The maximum Gasteiger partial charge on any atom is 0.254 e. The molecular weight excluding hydrogens is 756 g/mol. The van der Waals surface area contributed by atoms with E-state index in [9.17, 15) is 18.8 Å². The Morgan fingerprint density at radius 3 is 1.08 bits per heavy atom. The molecule has 6 saturated heterocycles. The van der Waals surface area contributed by atoms with Crippen LogP contribution in [0.3, 0.4) is 0 Å². The largest absolute Gasteiger partial charge is 0.497 e. The van der Waals surface area contributed by atoms with Crippen molar-refractivity contribution in [2.24, 2.45) is 0 Å². The van der Waals surface area contributed by atoms with Crippen molar-refractivity contribution < 1.29 is 23.5 Å². The zero-order chi connectivity index (χ0) is 42.8. The van der Waals surface area contributed by atoms with Crippen molar-refractivity contribution >= 4 is 17.7 Å². The van der Waals surface area contributed by atoms with E-state index in [2.05, 4.69) is 61.1 Å². The number of halogens is 1. The molecule has 6 aliphatic rings. The average Bonchev–Trinajstić information content (AvgIpc) is 4.23. The fourth-order valence-corrected chi connectivity index (χ4v) is 9.67. The minimum absolute atomic E-state index is 0.0444. The molecule has 3 amide bonds. The monoisotopic (exact) mass is 823 g/mol. The van der Waals surface area contributed by atoms with Gasteiger partial charge in [0.05, 0.1) is 23.7 Å². The van der Waals surface area contributed by atoms with Gasteiger partial charge in [-0.15, -0.1) is 0 Å². The Hall–Kier alpha value is -4.32. The van der Waals surface area contributed by atoms with Crippen LogP contribution in [0.4, 0.5) is 4.39 Å². The second-order valence-electron chi connectivity index (χ2n) is 18.8. The molecule has 3 aromatic rings. The Morgan fingerprint density at radius 1 is 0.483 bits per heavy atom. The maximum absolute atomic E-state index is 12.9. The Labute approximate surface area is 357 Å². The van der Waals surface area contributed by atoms with Gasteiger partial charge in [0.1, 0.15) is 11.6 Å². The molecule has 0 bridgehead atoms. The number of hydrogen-bond acceptors (Lipinski definition) is 7. The average molecular weight is 823 g/mol. The number of benzene rings is 3. The van der Waals surface area contributed by atoms with Gasteiger partial charge in [0, 0.05) is 93.7 Å². The van der Waals surface area contributed by atoms with Crippen molar-refractivity contribution in [2.75, 3.05) is 66.0 Å². The summed E-state index contributed by atoms with van der Waals surface area (Å²) in [5.74, 6) is 0.904. The van der Waals surface area contributed by atoms with Gasteiger partial charge in [-0.05, 0) is 141 Å². The van der Waals surface area contributed by atoms with E-state index in [4.69, 9.17) is 4.74 Å². The lowest BCUT2D eigenvalue weighted by Gasteiger charge is -2.34. The normalized spacial score (nSPS) is 21.4. The van der Waals surface area contributed by atoms with Crippen molar-refractivity contribution in [1.29, 1.82) is 0 Å². The van der Waals surface area contributed by atoms with Crippen LogP contribution in [0.15, 0.2) is 78.9 Å². The predicted octanol–water partition coefficient (Wildman–Crippen LogP) is 7.30. The summed E-state index contributed by atoms with van der Waals surface area (Å²) in [5, 5.41) is 0. The molecule has 11 heteroatoms. The Bertz CT molecular complexity index is 1930. The number of carbonyl (C=O) groups is 3. The molecule has 3 spiro atoms. The van der Waals surface area contributed by atoms with Gasteiger partial charge in [0.2, 0.25) is 0 Å². The molecule has 0 N–H and O–H groups in total. The molecule has 0 atom stereocenters. The van der Waals surface area contributed by atoms with Crippen LogP contribution < -0.4 is 4.74 Å². The molecular formula is C49H67FN6O4. The molecule has 0 aliphatic carbocycles. The summed E-state index contributed by atoms with van der Waals surface area (Å²) in [4.78, 5) is 50.9. The third-order valence-electron chi connectivity index (χ3n) is 14.3. The molecule has 0 aromatic heterocycles. The molecule has 10 nitrogen and oxygen atoms in total. The number of ether oxygens (including phenoxy) is 1. The lowest BCUT2D eigenvalue weighted by Crippen LogP contribution is -2.43. The van der Waals surface area contributed by atoms with Crippen LogP contribution in [0.25, 0.3) is 0 Å². The molecule has 3 aromatic carbocycles. The third kappa shape index (κ3) is 9.58. The van der Waals surface area contributed by atoms with E-state index in [0.29, 0.717) is 23.7 Å². The van der Waals surface area contributed by atoms with Crippen molar-refractivity contribution in [2.45, 2.75) is 115 Å². The van der Waals surface area contributed by atoms with Crippen LogP contribution in [0.2, 0.25) is 0 Å². The van der Waals surface area contributed by atoms with Gasteiger partial charge in [-0.2, -0.15) is 0 Å². The number of rotatable bonds is 7. The van der Waals surface area contributed by atoms with E-state index >= 15 is 0 Å². The van der Waals surface area contributed by atoms with E-state index in [1.165, 1.54) is 12.1 Å². The first-order chi connectivity index (χ1) is 28.7. The first-order valence-corrected chi connectivity index (χ1v) is 22.3. The molecule has 6 fully saturated rings. The van der Waals surface area contributed by atoms with Crippen molar-refractivity contribution in [1.82, 2.24) is 29.4 Å². The highest BCUT2D eigenvalue weighted by molar-refractivity contribution is 5.98. The second-order valence-corrected chi connectivity index (χ2v) is 18.8. The van der Waals surface area contributed by atoms with Gasteiger partial charge in [-0.25, -0.2) is 4.39 Å². The molecule has 324 valence electrons. The minimum Gasteiger partial charge on any atom is -0.497 e. The van der Waals surface area contributed by atoms with Gasteiger partial charge in [0.25, 0.3) is 17.7 Å². The summed E-state index contributed by atoms with van der Waals surface area (Å²) in [5.41, 5.74) is 2.58. The lowest BCUT2D eigenvalue weighted by atomic mass is 9.95. The van der Waals surface area contributed by atoms with Crippen LogP contribution in [0.5, 0.6) is 5.75 Å². The molecule has 9 rings (SSSR count). The zero-order valence-electron chi connectivity index (χ0n) is 37.0. The number of likely N-dealkylation sites (tertiary alicyclic amines) is 3. The summed E-state index contributed by atoms with van der Waals surface area (Å²) in [7, 11) is 1.64. The van der Waals surface area contributed by atoms with E-state index < -0.39 is 0 Å². The Morgan fingerprint density at radius 2 is 0.783 bits per heavy atom. The van der Waals surface area contributed by atoms with Crippen LogP contribution in [0, 0.1) is 5.82 Å². The first-order valence-electron chi connectivity index (χ1n) is 22.3. The van der Waals surface area contributed by atoms with E-state index in [-0.39, 0.29) is 40.2 Å². The van der Waals surface area contributed by atoms with Crippen LogP contribution in [-0.4, -0.2) is 148 Å². The lowest BCUT2D eigenvalue weighted by molar-refractivity contribution is 0.0797. The second kappa shape index (κ2) is 18.0. The molecule has 6 aliphatic heterocycles. The fourth-order valence-electron chi connectivity index (χ4n) is 9.67. The Balaban J connectivity index is 0.000000136. The highest BCUT2D eigenvalue weighted by atomic mass is 19.1. The number of amides is 3. The maximum atomic E-state index is 12.9. The first kappa shape index (κ1) is 43.8. The Kier molecular flexibility index (Phi) is 13.1. The van der Waals surface area contributed by atoms with Crippen molar-refractivity contribution in [3.8, 4) is 5.75 Å². The van der Waals surface area contributed by atoms with Crippen LogP contribution in [-0.2, 0) is 0 Å². The predicted molar refractivity (Wildman–Crippen MR) is 235 cm³/mol. The van der Waals surface area contributed by atoms with Gasteiger partial charge < -0.3 is 34.1 Å². The molecule has 60 heavy (non-hydrogen) atoms. The summed E-state index contributed by atoms with van der Waals surface area (Å²) < 4.78 is 18.0. The highest BCUT2D eigenvalue weighted by Gasteiger charge is 2.57. The standard InChI is InChI=1S/C17H24N2O2.C16H21FN2O.C16H22N2O/c1-13(2)18-10-8-17(9-11-18)12-19(17)16(20)14-4-6-15(21-3)7-5-14;1-12(2)18-9-7-16(8-10-18)11-19(16)15(20)13-3-5-14(17)6-4-13;1-13(2)17-10-8-16(9-11-17)12-18(16)15(19)14-6-4-3-5-7-14/h4-7,13H,8-12H2,1-3H3;3-6,12H,7-11H2,1-2H3;3-7,13H,8-12H2,1-2H3. The number of nitrogens with zero attached hydrogens (tertiary/aromatic N) is 6. The van der Waals surface area contributed by atoms with Crippen molar-refractivity contribution in [3.05, 3.63) is 101 Å².